The van der Waals surface area contributed by atoms with Crippen molar-refractivity contribution >= 4 is 5.65 Å². The third-order valence-corrected chi connectivity index (χ3v) is 6.47. The van der Waals surface area contributed by atoms with Crippen molar-refractivity contribution < 1.29 is 0 Å². The lowest BCUT2D eigenvalue weighted by atomic mass is 9.77. The molecule has 5 rings (SSSR count). The SMILES string of the molecule is CCC[C@H]1[C@H]2C[C@H](CN(Cc3cc(=O)n4ccccc4n3)C2)c2cccc(=O)n21. The van der Waals surface area contributed by atoms with Gasteiger partial charge in [0.15, 0.2) is 0 Å². The topological polar surface area (TPSA) is 59.6 Å². The maximum atomic E-state index is 12.6. The van der Waals surface area contributed by atoms with Crippen LogP contribution in [-0.2, 0) is 6.54 Å². The molecular weight excluding hydrogens is 364 g/mol. The van der Waals surface area contributed by atoms with Gasteiger partial charge < -0.3 is 4.57 Å². The van der Waals surface area contributed by atoms with E-state index in [1.54, 1.807) is 22.7 Å². The first-order chi connectivity index (χ1) is 14.1. The van der Waals surface area contributed by atoms with Crippen LogP contribution in [0.2, 0.25) is 0 Å². The number of pyridine rings is 2. The number of fused-ring (bicyclic) bond motifs is 5. The monoisotopic (exact) mass is 390 g/mol. The van der Waals surface area contributed by atoms with Gasteiger partial charge in [-0.1, -0.05) is 25.5 Å². The average molecular weight is 390 g/mol. The molecule has 0 saturated carbocycles. The van der Waals surface area contributed by atoms with Gasteiger partial charge in [0.1, 0.15) is 5.65 Å². The standard InChI is InChI=1S/C23H26N4O2/c1-2-6-19-16-11-17(20-7-5-9-22(28)27(19)20)14-25(13-16)15-18-12-23(29)26-10-4-3-8-21(26)24-18/h3-5,7-10,12,16-17,19H,2,6,11,13-15H2,1H3/t16-,17+,19-/m0/s1. The van der Waals surface area contributed by atoms with Crippen LogP contribution in [0.1, 0.15) is 49.5 Å². The van der Waals surface area contributed by atoms with Crippen LogP contribution >= 0.6 is 0 Å². The first-order valence-electron chi connectivity index (χ1n) is 10.5. The molecule has 1 fully saturated rings. The molecule has 3 aromatic heterocycles. The number of piperidine rings is 1. The second-order valence-corrected chi connectivity index (χ2v) is 8.42. The Bertz CT molecular complexity index is 1170. The van der Waals surface area contributed by atoms with E-state index in [-0.39, 0.29) is 17.2 Å². The molecule has 0 spiro atoms. The Morgan fingerprint density at radius 2 is 1.97 bits per heavy atom. The minimum absolute atomic E-state index is 0.0384. The van der Waals surface area contributed by atoms with E-state index >= 15 is 0 Å². The molecule has 2 aliphatic heterocycles. The molecule has 2 aliphatic rings. The van der Waals surface area contributed by atoms with Gasteiger partial charge in [0.2, 0.25) is 0 Å². The van der Waals surface area contributed by atoms with Crippen molar-refractivity contribution in [2.45, 2.75) is 44.7 Å². The van der Waals surface area contributed by atoms with Crippen LogP contribution in [0.4, 0.5) is 0 Å². The summed E-state index contributed by atoms with van der Waals surface area (Å²) < 4.78 is 3.65. The summed E-state index contributed by atoms with van der Waals surface area (Å²) in [5.74, 6) is 0.820. The van der Waals surface area contributed by atoms with Gasteiger partial charge in [0.05, 0.1) is 5.69 Å². The van der Waals surface area contributed by atoms with Crippen molar-refractivity contribution in [3.63, 3.8) is 0 Å². The van der Waals surface area contributed by atoms with E-state index in [4.69, 9.17) is 4.98 Å². The smallest absolute Gasteiger partial charge is 0.258 e. The molecule has 1 saturated heterocycles. The second-order valence-electron chi connectivity index (χ2n) is 8.42. The molecule has 0 N–H and O–H groups in total. The summed E-state index contributed by atoms with van der Waals surface area (Å²) in [6.07, 6.45) is 4.98. The van der Waals surface area contributed by atoms with Crippen LogP contribution in [0.3, 0.4) is 0 Å². The van der Waals surface area contributed by atoms with Crippen LogP contribution < -0.4 is 11.1 Å². The van der Waals surface area contributed by atoms with Gasteiger partial charge in [-0.3, -0.25) is 18.9 Å². The van der Waals surface area contributed by atoms with Crippen LogP contribution in [0, 0.1) is 5.92 Å². The van der Waals surface area contributed by atoms with Crippen molar-refractivity contribution in [2.24, 2.45) is 5.92 Å². The molecule has 6 heteroatoms. The predicted octanol–water partition coefficient (Wildman–Crippen LogP) is 2.82. The summed E-state index contributed by atoms with van der Waals surface area (Å²) >= 11 is 0. The average Bonchev–Trinajstić information content (AvgIpc) is 2.71. The lowest BCUT2D eigenvalue weighted by molar-refractivity contribution is 0.0809. The maximum Gasteiger partial charge on any atom is 0.258 e. The number of rotatable bonds is 4. The van der Waals surface area contributed by atoms with Crippen molar-refractivity contribution in [2.75, 3.05) is 13.1 Å². The van der Waals surface area contributed by atoms with Gasteiger partial charge in [-0.25, -0.2) is 4.98 Å². The zero-order valence-electron chi connectivity index (χ0n) is 16.7. The second kappa shape index (κ2) is 7.26. The summed E-state index contributed by atoms with van der Waals surface area (Å²) in [7, 11) is 0. The van der Waals surface area contributed by atoms with Crippen LogP contribution in [0.25, 0.3) is 5.65 Å². The summed E-state index contributed by atoms with van der Waals surface area (Å²) in [5.41, 5.74) is 2.77. The van der Waals surface area contributed by atoms with Gasteiger partial charge >= 0.3 is 0 Å². The van der Waals surface area contributed by atoms with Crippen LogP contribution in [0.5, 0.6) is 0 Å². The van der Waals surface area contributed by atoms with E-state index in [1.807, 2.05) is 24.3 Å². The Hall–Kier alpha value is -2.73. The molecule has 3 aromatic rings. The summed E-state index contributed by atoms with van der Waals surface area (Å²) in [6, 6.07) is 13.2. The van der Waals surface area contributed by atoms with Gasteiger partial charge in [-0.05, 0) is 37.0 Å². The van der Waals surface area contributed by atoms with E-state index in [2.05, 4.69) is 22.5 Å². The Kier molecular flexibility index (Phi) is 4.59. The first kappa shape index (κ1) is 18.3. The largest absolute Gasteiger partial charge is 0.309 e. The highest BCUT2D eigenvalue weighted by molar-refractivity contribution is 5.38. The summed E-state index contributed by atoms with van der Waals surface area (Å²) in [4.78, 5) is 32.2. The molecule has 0 aliphatic carbocycles. The lowest BCUT2D eigenvalue weighted by Gasteiger charge is -2.47. The molecule has 3 atom stereocenters. The summed E-state index contributed by atoms with van der Waals surface area (Å²) in [6.45, 7) is 4.70. The van der Waals surface area contributed by atoms with Crippen LogP contribution in [0.15, 0.2) is 58.3 Å². The quantitative estimate of drug-likeness (QED) is 0.687. The highest BCUT2D eigenvalue weighted by Gasteiger charge is 2.40. The minimum Gasteiger partial charge on any atom is -0.309 e. The molecule has 0 radical (unpaired) electrons. The number of hydrogen-bond acceptors (Lipinski definition) is 4. The third-order valence-electron chi connectivity index (χ3n) is 6.47. The summed E-state index contributed by atoms with van der Waals surface area (Å²) in [5, 5.41) is 0. The van der Waals surface area contributed by atoms with E-state index in [1.165, 1.54) is 5.69 Å². The number of hydrogen-bond donors (Lipinski definition) is 0. The zero-order chi connectivity index (χ0) is 20.0. The molecule has 0 unspecified atom stereocenters. The van der Waals surface area contributed by atoms with Crippen molar-refractivity contribution in [3.8, 4) is 0 Å². The minimum atomic E-state index is -0.0384. The Balaban J connectivity index is 1.46. The highest BCUT2D eigenvalue weighted by Crippen LogP contribution is 2.42. The molecule has 2 bridgehead atoms. The Morgan fingerprint density at radius 3 is 2.83 bits per heavy atom. The van der Waals surface area contributed by atoms with E-state index in [0.29, 0.717) is 24.0 Å². The highest BCUT2D eigenvalue weighted by atomic mass is 16.1. The fourth-order valence-corrected chi connectivity index (χ4v) is 5.34. The Morgan fingerprint density at radius 1 is 1.07 bits per heavy atom. The van der Waals surface area contributed by atoms with E-state index < -0.39 is 0 Å². The van der Waals surface area contributed by atoms with Gasteiger partial charge in [-0.2, -0.15) is 0 Å². The predicted molar refractivity (Wildman–Crippen MR) is 112 cm³/mol. The first-order valence-corrected chi connectivity index (χ1v) is 10.5. The van der Waals surface area contributed by atoms with E-state index in [0.717, 1.165) is 38.0 Å². The fourth-order valence-electron chi connectivity index (χ4n) is 5.34. The zero-order valence-corrected chi connectivity index (χ0v) is 16.7. The fraction of sp³-hybridized carbons (Fsp3) is 0.435. The molecule has 0 amide bonds. The van der Waals surface area contributed by atoms with Crippen molar-refractivity contribution in [3.05, 3.63) is 80.8 Å². The van der Waals surface area contributed by atoms with Gasteiger partial charge in [0, 0.05) is 55.6 Å². The number of likely N-dealkylation sites (tertiary alicyclic amines) is 1. The van der Waals surface area contributed by atoms with Crippen LogP contribution in [-0.4, -0.2) is 31.9 Å². The molecular formula is C23H26N4O2. The Labute approximate surface area is 169 Å². The van der Waals surface area contributed by atoms with Gasteiger partial charge in [-0.15, -0.1) is 0 Å². The van der Waals surface area contributed by atoms with E-state index in [9.17, 15) is 9.59 Å². The van der Waals surface area contributed by atoms with Crippen molar-refractivity contribution in [1.29, 1.82) is 0 Å². The normalized spacial score (nSPS) is 23.8. The lowest BCUT2D eigenvalue weighted by Crippen LogP contribution is -2.49. The molecule has 5 heterocycles. The van der Waals surface area contributed by atoms with Crippen molar-refractivity contribution in [1.82, 2.24) is 18.9 Å². The molecule has 29 heavy (non-hydrogen) atoms. The maximum absolute atomic E-state index is 12.6. The molecule has 0 aromatic carbocycles. The molecule has 150 valence electrons. The number of nitrogens with zero attached hydrogens (tertiary/aromatic N) is 4. The van der Waals surface area contributed by atoms with Gasteiger partial charge in [0.25, 0.3) is 11.1 Å². The number of aromatic nitrogens is 3. The molecule has 6 nitrogen and oxygen atoms in total. The third kappa shape index (κ3) is 3.21.